The Labute approximate surface area is 107 Å². The summed E-state index contributed by atoms with van der Waals surface area (Å²) in [4.78, 5) is 0. The molecule has 2 unspecified atom stereocenters. The summed E-state index contributed by atoms with van der Waals surface area (Å²) < 4.78 is 5.54. The number of hydrogen-bond acceptors (Lipinski definition) is 3. The van der Waals surface area contributed by atoms with Gasteiger partial charge in [0.2, 0.25) is 0 Å². The summed E-state index contributed by atoms with van der Waals surface area (Å²) in [6.45, 7) is 5.01. The fourth-order valence-electron chi connectivity index (χ4n) is 2.16. The van der Waals surface area contributed by atoms with E-state index in [1.165, 1.54) is 0 Å². The fraction of sp³-hybridized carbons (Fsp3) is 0.571. The van der Waals surface area contributed by atoms with Crippen LogP contribution >= 0.6 is 11.8 Å². The zero-order valence-electron chi connectivity index (χ0n) is 10.5. The van der Waals surface area contributed by atoms with Crippen molar-refractivity contribution in [2.45, 2.75) is 37.5 Å². The molecule has 1 saturated heterocycles. The van der Waals surface area contributed by atoms with Gasteiger partial charge in [-0.2, -0.15) is 11.8 Å². The van der Waals surface area contributed by atoms with E-state index in [9.17, 15) is 5.11 Å². The number of hydrogen-bond donors (Lipinski definition) is 1. The van der Waals surface area contributed by atoms with Crippen LogP contribution in [0.25, 0.3) is 0 Å². The highest BCUT2D eigenvalue weighted by Crippen LogP contribution is 2.41. The van der Waals surface area contributed by atoms with E-state index in [2.05, 4.69) is 13.8 Å². The first-order valence-corrected chi connectivity index (χ1v) is 7.26. The molecule has 0 spiro atoms. The van der Waals surface area contributed by atoms with Crippen LogP contribution in [-0.2, 0) is 5.60 Å². The van der Waals surface area contributed by atoms with Crippen molar-refractivity contribution >= 4 is 11.8 Å². The van der Waals surface area contributed by atoms with Gasteiger partial charge >= 0.3 is 0 Å². The van der Waals surface area contributed by atoms with Gasteiger partial charge in [0.1, 0.15) is 5.75 Å². The van der Waals surface area contributed by atoms with Crippen molar-refractivity contribution in [3.63, 3.8) is 0 Å². The summed E-state index contributed by atoms with van der Waals surface area (Å²) in [7, 11) is 0. The number of benzene rings is 1. The minimum Gasteiger partial charge on any atom is -0.494 e. The van der Waals surface area contributed by atoms with Crippen molar-refractivity contribution in [1.82, 2.24) is 0 Å². The molecule has 1 aromatic rings. The first kappa shape index (κ1) is 12.8. The molecule has 94 valence electrons. The van der Waals surface area contributed by atoms with E-state index in [0.29, 0.717) is 5.25 Å². The molecule has 1 fully saturated rings. The van der Waals surface area contributed by atoms with Gasteiger partial charge in [0.15, 0.2) is 0 Å². The molecule has 17 heavy (non-hydrogen) atoms. The molecule has 0 aliphatic carbocycles. The third-order valence-electron chi connectivity index (χ3n) is 3.10. The monoisotopic (exact) mass is 252 g/mol. The minimum absolute atomic E-state index is 0.538. The summed E-state index contributed by atoms with van der Waals surface area (Å²) in [6, 6.07) is 7.89. The Morgan fingerprint density at radius 3 is 2.65 bits per heavy atom. The van der Waals surface area contributed by atoms with Gasteiger partial charge in [0.05, 0.1) is 12.2 Å². The third kappa shape index (κ3) is 2.96. The van der Waals surface area contributed by atoms with Gasteiger partial charge in [0, 0.05) is 11.0 Å². The second-order valence-corrected chi connectivity index (χ2v) is 6.16. The lowest BCUT2D eigenvalue weighted by atomic mass is 9.91. The van der Waals surface area contributed by atoms with Crippen molar-refractivity contribution in [2.75, 3.05) is 12.4 Å². The summed E-state index contributed by atoms with van der Waals surface area (Å²) in [5.74, 6) is 1.68. The Morgan fingerprint density at radius 1 is 1.41 bits per heavy atom. The van der Waals surface area contributed by atoms with E-state index >= 15 is 0 Å². The average molecular weight is 252 g/mol. The predicted molar refractivity (Wildman–Crippen MR) is 72.7 cm³/mol. The van der Waals surface area contributed by atoms with E-state index in [1.54, 1.807) is 0 Å². The molecular formula is C14H20O2S. The molecule has 1 N–H and O–H groups in total. The summed E-state index contributed by atoms with van der Waals surface area (Å²) >= 11 is 1.84. The zero-order valence-corrected chi connectivity index (χ0v) is 11.3. The minimum atomic E-state index is -0.645. The maximum atomic E-state index is 10.5. The molecule has 1 aromatic carbocycles. The zero-order chi connectivity index (χ0) is 12.3. The highest BCUT2D eigenvalue weighted by Gasteiger charge is 2.37. The van der Waals surface area contributed by atoms with Crippen molar-refractivity contribution in [1.29, 1.82) is 0 Å². The van der Waals surface area contributed by atoms with Gasteiger partial charge in [-0.3, -0.25) is 0 Å². The Morgan fingerprint density at radius 2 is 2.12 bits per heavy atom. The van der Waals surface area contributed by atoms with Crippen molar-refractivity contribution in [3.8, 4) is 5.75 Å². The van der Waals surface area contributed by atoms with Gasteiger partial charge in [-0.25, -0.2) is 0 Å². The largest absolute Gasteiger partial charge is 0.494 e. The number of aliphatic hydroxyl groups is 1. The van der Waals surface area contributed by atoms with Crippen LogP contribution < -0.4 is 4.74 Å². The Kier molecular flexibility index (Phi) is 4.00. The average Bonchev–Trinajstić information content (AvgIpc) is 2.68. The van der Waals surface area contributed by atoms with E-state index < -0.39 is 5.60 Å². The lowest BCUT2D eigenvalue weighted by Gasteiger charge is -2.22. The maximum Gasteiger partial charge on any atom is 0.119 e. The molecule has 0 saturated carbocycles. The third-order valence-corrected chi connectivity index (χ3v) is 4.48. The Balaban J connectivity index is 2.07. The van der Waals surface area contributed by atoms with E-state index in [1.807, 2.05) is 36.0 Å². The van der Waals surface area contributed by atoms with Crippen molar-refractivity contribution in [3.05, 3.63) is 29.8 Å². The summed E-state index contributed by atoms with van der Waals surface area (Å²) in [5.41, 5.74) is 0.367. The van der Waals surface area contributed by atoms with Crippen LogP contribution in [0.1, 0.15) is 32.3 Å². The molecule has 2 atom stereocenters. The van der Waals surface area contributed by atoms with Gasteiger partial charge < -0.3 is 9.84 Å². The molecule has 2 rings (SSSR count). The van der Waals surface area contributed by atoms with Crippen LogP contribution in [0.5, 0.6) is 5.75 Å². The van der Waals surface area contributed by atoms with Crippen LogP contribution in [0.2, 0.25) is 0 Å². The smallest absolute Gasteiger partial charge is 0.119 e. The SMILES string of the molecule is CCCOc1ccc(C2(O)CSC(C)C2)cc1. The molecule has 3 heteroatoms. The van der Waals surface area contributed by atoms with Gasteiger partial charge in [0.25, 0.3) is 0 Å². The fourth-order valence-corrected chi connectivity index (χ4v) is 3.39. The first-order chi connectivity index (χ1) is 8.14. The van der Waals surface area contributed by atoms with Crippen LogP contribution in [0.15, 0.2) is 24.3 Å². The van der Waals surface area contributed by atoms with E-state index in [4.69, 9.17) is 4.74 Å². The molecule has 0 bridgehead atoms. The van der Waals surface area contributed by atoms with Gasteiger partial charge in [-0.1, -0.05) is 26.0 Å². The lowest BCUT2D eigenvalue weighted by Crippen LogP contribution is -2.25. The van der Waals surface area contributed by atoms with Gasteiger partial charge in [-0.15, -0.1) is 0 Å². The topological polar surface area (TPSA) is 29.5 Å². The first-order valence-electron chi connectivity index (χ1n) is 6.21. The highest BCUT2D eigenvalue weighted by molar-refractivity contribution is 8.00. The molecule has 2 nitrogen and oxygen atoms in total. The predicted octanol–water partition coefficient (Wildman–Crippen LogP) is 3.19. The molecule has 0 aromatic heterocycles. The molecule has 0 amide bonds. The molecule has 1 aliphatic rings. The molecular weight excluding hydrogens is 232 g/mol. The molecule has 1 heterocycles. The lowest BCUT2D eigenvalue weighted by molar-refractivity contribution is 0.0612. The second kappa shape index (κ2) is 5.32. The Bertz CT molecular complexity index is 363. The number of ether oxygens (including phenoxy) is 1. The normalized spacial score (nSPS) is 28.3. The van der Waals surface area contributed by atoms with Crippen LogP contribution in [0.3, 0.4) is 0 Å². The van der Waals surface area contributed by atoms with Crippen LogP contribution in [-0.4, -0.2) is 22.7 Å². The number of thioether (sulfide) groups is 1. The Hall–Kier alpha value is -0.670. The van der Waals surface area contributed by atoms with E-state index in [-0.39, 0.29) is 0 Å². The maximum absolute atomic E-state index is 10.5. The summed E-state index contributed by atoms with van der Waals surface area (Å²) in [5, 5.41) is 11.1. The quantitative estimate of drug-likeness (QED) is 0.892. The number of rotatable bonds is 4. The standard InChI is InChI=1S/C14H20O2S/c1-3-8-16-13-6-4-12(5-7-13)14(15)9-11(2)17-10-14/h4-7,11,15H,3,8-10H2,1-2H3. The van der Waals surface area contributed by atoms with Crippen LogP contribution in [0.4, 0.5) is 0 Å². The van der Waals surface area contributed by atoms with E-state index in [0.717, 1.165) is 36.5 Å². The van der Waals surface area contributed by atoms with Gasteiger partial charge in [-0.05, 0) is 30.5 Å². The molecule has 0 radical (unpaired) electrons. The van der Waals surface area contributed by atoms with Crippen molar-refractivity contribution in [2.24, 2.45) is 0 Å². The second-order valence-electron chi connectivity index (χ2n) is 4.73. The van der Waals surface area contributed by atoms with Crippen LogP contribution in [0, 0.1) is 0 Å². The molecule has 1 aliphatic heterocycles. The highest BCUT2D eigenvalue weighted by atomic mass is 32.2. The summed E-state index contributed by atoms with van der Waals surface area (Å²) in [6.07, 6.45) is 1.85. The van der Waals surface area contributed by atoms with Crippen molar-refractivity contribution < 1.29 is 9.84 Å².